The molecule has 0 saturated carbocycles. The Labute approximate surface area is 173 Å². The van der Waals surface area contributed by atoms with Crippen LogP contribution in [0.25, 0.3) is 0 Å². The molecule has 1 aliphatic heterocycles. The number of thioether (sulfide) groups is 1. The number of nitrogens with two attached hydrogens (primary N) is 1. The van der Waals surface area contributed by atoms with Gasteiger partial charge in [-0.05, 0) is 17.5 Å². The highest BCUT2D eigenvalue weighted by Crippen LogP contribution is 2.43. The molecule has 1 amide bonds. The summed E-state index contributed by atoms with van der Waals surface area (Å²) in [5.74, 6) is 0.291. The van der Waals surface area contributed by atoms with E-state index in [1.165, 1.54) is 11.8 Å². The summed E-state index contributed by atoms with van der Waals surface area (Å²) in [4.78, 5) is 19.0. The van der Waals surface area contributed by atoms with E-state index in [4.69, 9.17) is 33.9 Å². The molecule has 2 heterocycles. The second-order valence-corrected chi connectivity index (χ2v) is 8.10. The van der Waals surface area contributed by atoms with Gasteiger partial charge in [-0.2, -0.15) is 0 Å². The maximum Gasteiger partial charge on any atom is 0.235 e. The molecule has 2 aromatic rings. The third-order valence-corrected chi connectivity index (χ3v) is 6.66. The van der Waals surface area contributed by atoms with Crippen molar-refractivity contribution in [2.24, 2.45) is 5.73 Å². The lowest BCUT2D eigenvalue weighted by Crippen LogP contribution is -2.44. The maximum atomic E-state index is 12.1. The normalized spacial score (nSPS) is 15.6. The number of benzene rings is 1. The van der Waals surface area contributed by atoms with Crippen molar-refractivity contribution in [1.82, 2.24) is 10.3 Å². The van der Waals surface area contributed by atoms with Crippen LogP contribution < -0.4 is 16.0 Å². The van der Waals surface area contributed by atoms with Gasteiger partial charge in [-0.3, -0.25) is 4.79 Å². The zero-order valence-corrected chi connectivity index (χ0v) is 17.4. The van der Waals surface area contributed by atoms with Gasteiger partial charge in [0.2, 0.25) is 5.91 Å². The van der Waals surface area contributed by atoms with Crippen molar-refractivity contribution < 1.29 is 4.79 Å². The molecule has 3 N–H and O–H groups in total. The minimum atomic E-state index is -0.571. The van der Waals surface area contributed by atoms with Crippen molar-refractivity contribution in [2.75, 3.05) is 31.1 Å². The summed E-state index contributed by atoms with van der Waals surface area (Å²) in [6, 6.07) is 9.42. The third-order valence-electron chi connectivity index (χ3n) is 4.48. The Morgan fingerprint density at radius 3 is 2.52 bits per heavy atom. The van der Waals surface area contributed by atoms with Gasteiger partial charge < -0.3 is 16.0 Å². The number of nitrogens with one attached hydrogen (secondary N) is 1. The first-order valence-corrected chi connectivity index (χ1v) is 10.5. The largest absolute Gasteiger partial charge is 0.368 e. The molecule has 0 aliphatic carbocycles. The van der Waals surface area contributed by atoms with Crippen molar-refractivity contribution in [2.45, 2.75) is 23.6 Å². The standard InChI is InChI=1S/C19H22Cl2N4OS/c1-2-13-14(20)18(25-10-8-23-9-11-25)24-19(15(13)21)27-16(17(22)26)12-6-4-3-5-7-12/h3-7,16,23H,2,8-11H2,1H3,(H2,22,26). The van der Waals surface area contributed by atoms with E-state index in [9.17, 15) is 4.79 Å². The van der Waals surface area contributed by atoms with Gasteiger partial charge in [0.05, 0.1) is 10.0 Å². The number of halogens is 2. The molecule has 8 heteroatoms. The monoisotopic (exact) mass is 424 g/mol. The molecule has 1 aromatic carbocycles. The second kappa shape index (κ2) is 9.15. The Bertz CT molecular complexity index is 813. The van der Waals surface area contributed by atoms with Crippen molar-refractivity contribution in [3.05, 3.63) is 51.5 Å². The Hall–Kier alpha value is -1.47. The van der Waals surface area contributed by atoms with Gasteiger partial charge in [-0.15, -0.1) is 0 Å². The van der Waals surface area contributed by atoms with Gasteiger partial charge in [-0.25, -0.2) is 4.98 Å². The Morgan fingerprint density at radius 1 is 1.26 bits per heavy atom. The van der Waals surface area contributed by atoms with Gasteiger partial charge >= 0.3 is 0 Å². The minimum absolute atomic E-state index is 0.430. The minimum Gasteiger partial charge on any atom is -0.368 e. The first-order chi connectivity index (χ1) is 13.0. The van der Waals surface area contributed by atoms with Gasteiger partial charge in [0.25, 0.3) is 0 Å². The molecular weight excluding hydrogens is 403 g/mol. The molecule has 1 aromatic heterocycles. The summed E-state index contributed by atoms with van der Waals surface area (Å²) >= 11 is 14.5. The molecular formula is C19H22Cl2N4OS. The number of aromatic nitrogens is 1. The summed E-state index contributed by atoms with van der Waals surface area (Å²) in [7, 11) is 0. The Kier molecular flexibility index (Phi) is 6.87. The lowest BCUT2D eigenvalue weighted by molar-refractivity contribution is -0.117. The van der Waals surface area contributed by atoms with E-state index in [1.807, 2.05) is 37.3 Å². The number of hydrogen-bond acceptors (Lipinski definition) is 5. The zero-order valence-electron chi connectivity index (χ0n) is 15.0. The first-order valence-electron chi connectivity index (χ1n) is 8.87. The van der Waals surface area contributed by atoms with E-state index < -0.39 is 11.2 Å². The number of amides is 1. The predicted octanol–water partition coefficient (Wildman–Crippen LogP) is 3.68. The average Bonchev–Trinajstić information content (AvgIpc) is 2.69. The molecule has 27 heavy (non-hydrogen) atoms. The Morgan fingerprint density at radius 2 is 1.93 bits per heavy atom. The zero-order chi connectivity index (χ0) is 19.4. The number of piperazine rings is 1. The predicted molar refractivity (Wildman–Crippen MR) is 113 cm³/mol. The maximum absolute atomic E-state index is 12.1. The number of anilines is 1. The molecule has 0 spiro atoms. The fourth-order valence-electron chi connectivity index (χ4n) is 3.06. The number of hydrogen-bond donors (Lipinski definition) is 2. The average molecular weight is 425 g/mol. The molecule has 1 atom stereocenters. The lowest BCUT2D eigenvalue weighted by atomic mass is 10.1. The number of carbonyl (C=O) groups is 1. The molecule has 144 valence electrons. The highest BCUT2D eigenvalue weighted by atomic mass is 35.5. The van der Waals surface area contributed by atoms with E-state index in [0.29, 0.717) is 21.5 Å². The number of nitrogens with zero attached hydrogens (tertiary/aromatic N) is 2. The summed E-state index contributed by atoms with van der Waals surface area (Å²) in [5, 5.41) is 4.41. The fraction of sp³-hybridized carbons (Fsp3) is 0.368. The van der Waals surface area contributed by atoms with Gasteiger partial charge in [0.15, 0.2) is 0 Å². The number of rotatable bonds is 6. The molecule has 1 unspecified atom stereocenters. The van der Waals surface area contributed by atoms with E-state index in [0.717, 1.165) is 43.1 Å². The van der Waals surface area contributed by atoms with Crippen LogP contribution >= 0.6 is 35.0 Å². The van der Waals surface area contributed by atoms with Crippen LogP contribution in [0.15, 0.2) is 35.4 Å². The van der Waals surface area contributed by atoms with Gasteiger partial charge in [-0.1, -0.05) is 72.2 Å². The quantitative estimate of drug-likeness (QED) is 0.691. The molecule has 3 rings (SSSR count). The van der Waals surface area contributed by atoms with E-state index in [2.05, 4.69) is 10.2 Å². The van der Waals surface area contributed by atoms with Gasteiger partial charge in [0.1, 0.15) is 16.1 Å². The van der Waals surface area contributed by atoms with E-state index >= 15 is 0 Å². The fourth-order valence-corrected chi connectivity index (χ4v) is 4.90. The summed E-state index contributed by atoms with van der Waals surface area (Å²) in [5.41, 5.74) is 7.34. The van der Waals surface area contributed by atoms with Crippen molar-refractivity contribution in [3.63, 3.8) is 0 Å². The SMILES string of the molecule is CCc1c(Cl)c(SC(C(N)=O)c2ccccc2)nc(N2CCNCC2)c1Cl. The van der Waals surface area contributed by atoms with Crippen LogP contribution in [0.1, 0.15) is 23.3 Å². The molecule has 1 saturated heterocycles. The first kappa shape index (κ1) is 20.3. The summed E-state index contributed by atoms with van der Waals surface area (Å²) < 4.78 is 0. The van der Waals surface area contributed by atoms with Crippen LogP contribution in [0, 0.1) is 0 Å². The smallest absolute Gasteiger partial charge is 0.235 e. The summed E-state index contributed by atoms with van der Waals surface area (Å²) in [6.45, 7) is 5.39. The highest BCUT2D eigenvalue weighted by molar-refractivity contribution is 8.00. The summed E-state index contributed by atoms with van der Waals surface area (Å²) in [6.07, 6.45) is 0.680. The lowest BCUT2D eigenvalue weighted by Gasteiger charge is -2.30. The van der Waals surface area contributed by atoms with Crippen molar-refractivity contribution in [3.8, 4) is 0 Å². The molecule has 0 radical (unpaired) electrons. The molecule has 1 aliphatic rings. The third kappa shape index (κ3) is 4.51. The Balaban J connectivity index is 2.01. The van der Waals surface area contributed by atoms with Crippen LogP contribution in [-0.4, -0.2) is 37.1 Å². The molecule has 5 nitrogen and oxygen atoms in total. The van der Waals surface area contributed by atoms with Crippen LogP contribution in [0.2, 0.25) is 10.0 Å². The molecule has 0 bridgehead atoms. The second-order valence-electron chi connectivity index (χ2n) is 6.25. The van der Waals surface area contributed by atoms with E-state index in [1.54, 1.807) is 0 Å². The number of primary amides is 1. The van der Waals surface area contributed by atoms with Crippen molar-refractivity contribution >= 4 is 46.7 Å². The van der Waals surface area contributed by atoms with E-state index in [-0.39, 0.29) is 0 Å². The van der Waals surface area contributed by atoms with Crippen LogP contribution in [-0.2, 0) is 11.2 Å². The number of carbonyl (C=O) groups excluding carboxylic acids is 1. The molecule has 1 fully saturated rings. The van der Waals surface area contributed by atoms with Crippen molar-refractivity contribution in [1.29, 1.82) is 0 Å². The van der Waals surface area contributed by atoms with Gasteiger partial charge in [0, 0.05) is 26.2 Å². The highest BCUT2D eigenvalue weighted by Gasteiger charge is 2.26. The van der Waals surface area contributed by atoms with Crippen LogP contribution in [0.4, 0.5) is 5.82 Å². The van der Waals surface area contributed by atoms with Crippen LogP contribution in [0.5, 0.6) is 0 Å². The number of pyridine rings is 1. The van der Waals surface area contributed by atoms with Crippen LogP contribution in [0.3, 0.4) is 0 Å². The topological polar surface area (TPSA) is 71.2 Å².